The molecule has 21 heavy (non-hydrogen) atoms. The van der Waals surface area contributed by atoms with E-state index in [0.29, 0.717) is 41.8 Å². The molecule has 2 fully saturated rings. The van der Waals surface area contributed by atoms with E-state index < -0.39 is 12.0 Å². The van der Waals surface area contributed by atoms with Crippen molar-refractivity contribution in [3.05, 3.63) is 28.2 Å². The van der Waals surface area contributed by atoms with Gasteiger partial charge < -0.3 is 14.9 Å². The molecule has 1 aromatic carbocycles. The number of hydrogen-bond acceptors (Lipinski definition) is 3. The first kappa shape index (κ1) is 14.6. The number of anilines is 1. The van der Waals surface area contributed by atoms with Gasteiger partial charge in [0.15, 0.2) is 0 Å². The number of carbonyl (C=O) groups excluding carboxylic acids is 2. The highest BCUT2D eigenvalue weighted by Crippen LogP contribution is 2.32. The Hall–Kier alpha value is -1.30. The van der Waals surface area contributed by atoms with Crippen LogP contribution in [0.3, 0.4) is 0 Å². The van der Waals surface area contributed by atoms with Crippen LogP contribution in [0.15, 0.2) is 18.2 Å². The molecule has 2 heterocycles. The maximum atomic E-state index is 12.4. The first-order valence-electron chi connectivity index (χ1n) is 6.70. The van der Waals surface area contributed by atoms with Gasteiger partial charge in [0.2, 0.25) is 11.8 Å². The van der Waals surface area contributed by atoms with E-state index in [-0.39, 0.29) is 11.8 Å². The zero-order valence-electron chi connectivity index (χ0n) is 11.1. The topological polar surface area (TPSA) is 60.9 Å². The summed E-state index contributed by atoms with van der Waals surface area (Å²) >= 11 is 11.8. The Morgan fingerprint density at radius 2 is 1.95 bits per heavy atom. The first-order valence-corrected chi connectivity index (χ1v) is 7.46. The van der Waals surface area contributed by atoms with Gasteiger partial charge in [-0.1, -0.05) is 23.2 Å². The summed E-state index contributed by atoms with van der Waals surface area (Å²) in [5.74, 6) is -1.08. The lowest BCUT2D eigenvalue weighted by atomic mass is 10.0. The van der Waals surface area contributed by atoms with Gasteiger partial charge in [-0.25, -0.2) is 0 Å². The molecule has 1 atom stereocenters. The number of nitrogens with zero attached hydrogens (tertiary/aromatic N) is 2. The van der Waals surface area contributed by atoms with Crippen LogP contribution in [0, 0.1) is 5.92 Å². The number of aliphatic hydroxyl groups excluding tert-OH is 1. The van der Waals surface area contributed by atoms with Crippen molar-refractivity contribution in [3.8, 4) is 0 Å². The molecule has 2 aliphatic rings. The van der Waals surface area contributed by atoms with Gasteiger partial charge in [-0.3, -0.25) is 9.59 Å². The molecule has 0 aromatic heterocycles. The SMILES string of the molecule is O=C(C1CCN(c2ccc(Cl)c(Cl)c2)C1=O)N1CC(O)C1. The molecule has 5 nitrogen and oxygen atoms in total. The lowest BCUT2D eigenvalue weighted by Crippen LogP contribution is -2.56. The van der Waals surface area contributed by atoms with Gasteiger partial charge in [0, 0.05) is 25.3 Å². The van der Waals surface area contributed by atoms with E-state index in [2.05, 4.69) is 0 Å². The molecule has 0 radical (unpaired) electrons. The van der Waals surface area contributed by atoms with Crippen LogP contribution < -0.4 is 4.90 Å². The molecule has 3 rings (SSSR count). The molecule has 1 unspecified atom stereocenters. The van der Waals surface area contributed by atoms with Gasteiger partial charge in [-0.2, -0.15) is 0 Å². The van der Waals surface area contributed by atoms with Crippen molar-refractivity contribution in [2.45, 2.75) is 12.5 Å². The zero-order chi connectivity index (χ0) is 15.1. The highest BCUT2D eigenvalue weighted by atomic mass is 35.5. The lowest BCUT2D eigenvalue weighted by Gasteiger charge is -2.37. The molecule has 1 aromatic rings. The molecule has 2 aliphatic heterocycles. The number of rotatable bonds is 2. The van der Waals surface area contributed by atoms with E-state index in [1.54, 1.807) is 23.1 Å². The standard InChI is InChI=1S/C14H14Cl2N2O3/c15-11-2-1-8(5-12(11)16)18-4-3-10(14(18)21)13(20)17-6-9(19)7-17/h1-2,5,9-10,19H,3-4,6-7H2. The molecule has 0 aliphatic carbocycles. The molecular weight excluding hydrogens is 315 g/mol. The summed E-state index contributed by atoms with van der Waals surface area (Å²) in [4.78, 5) is 27.7. The van der Waals surface area contributed by atoms with Crippen molar-refractivity contribution in [2.75, 3.05) is 24.5 Å². The van der Waals surface area contributed by atoms with Gasteiger partial charge >= 0.3 is 0 Å². The molecule has 0 bridgehead atoms. The Bertz CT molecular complexity index is 602. The van der Waals surface area contributed by atoms with Crippen molar-refractivity contribution in [1.29, 1.82) is 0 Å². The van der Waals surface area contributed by atoms with Crippen LogP contribution in [-0.2, 0) is 9.59 Å². The van der Waals surface area contributed by atoms with Crippen molar-refractivity contribution >= 4 is 40.7 Å². The summed E-state index contributed by atoms with van der Waals surface area (Å²) in [6.07, 6.45) is 0.0152. The third kappa shape index (κ3) is 2.61. The summed E-state index contributed by atoms with van der Waals surface area (Å²) in [7, 11) is 0. The number of β-amino-alcohol motifs (C(OH)–C–C–N with tert-alkyl or cyclic N) is 1. The van der Waals surface area contributed by atoms with Gasteiger partial charge in [-0.15, -0.1) is 0 Å². The average Bonchev–Trinajstić information content (AvgIpc) is 2.79. The fourth-order valence-corrected chi connectivity index (χ4v) is 2.97. The Morgan fingerprint density at radius 1 is 1.24 bits per heavy atom. The van der Waals surface area contributed by atoms with E-state index in [9.17, 15) is 14.7 Å². The second-order valence-electron chi connectivity index (χ2n) is 5.33. The van der Waals surface area contributed by atoms with Crippen LogP contribution in [0.1, 0.15) is 6.42 Å². The third-order valence-corrected chi connectivity index (χ3v) is 4.63. The van der Waals surface area contributed by atoms with E-state index >= 15 is 0 Å². The number of halogens is 2. The smallest absolute Gasteiger partial charge is 0.239 e. The maximum Gasteiger partial charge on any atom is 0.239 e. The predicted octanol–water partition coefficient (Wildman–Crippen LogP) is 1.55. The number of hydrogen-bond donors (Lipinski definition) is 1. The highest BCUT2D eigenvalue weighted by Gasteiger charge is 2.42. The second kappa shape index (κ2) is 5.48. The molecule has 2 amide bonds. The van der Waals surface area contributed by atoms with Crippen LogP contribution in [0.2, 0.25) is 10.0 Å². The van der Waals surface area contributed by atoms with Crippen molar-refractivity contribution in [1.82, 2.24) is 4.90 Å². The fourth-order valence-electron chi connectivity index (χ4n) is 2.67. The minimum atomic E-state index is -0.660. The number of likely N-dealkylation sites (tertiary alicyclic amines) is 1. The Labute approximate surface area is 132 Å². The number of aliphatic hydroxyl groups is 1. The predicted molar refractivity (Wildman–Crippen MR) is 79.5 cm³/mol. The van der Waals surface area contributed by atoms with Gasteiger partial charge in [-0.05, 0) is 24.6 Å². The molecule has 0 spiro atoms. The van der Waals surface area contributed by atoms with E-state index in [1.165, 1.54) is 4.90 Å². The summed E-state index contributed by atoms with van der Waals surface area (Å²) in [5, 5.41) is 10.0. The zero-order valence-corrected chi connectivity index (χ0v) is 12.6. The summed E-state index contributed by atoms with van der Waals surface area (Å²) < 4.78 is 0. The van der Waals surface area contributed by atoms with Crippen LogP contribution in [0.5, 0.6) is 0 Å². The van der Waals surface area contributed by atoms with Crippen molar-refractivity contribution in [2.24, 2.45) is 5.92 Å². The monoisotopic (exact) mass is 328 g/mol. The van der Waals surface area contributed by atoms with E-state index in [1.807, 2.05) is 0 Å². The summed E-state index contributed by atoms with van der Waals surface area (Å²) in [6.45, 7) is 1.11. The highest BCUT2D eigenvalue weighted by molar-refractivity contribution is 6.42. The molecule has 112 valence electrons. The molecule has 0 saturated carbocycles. The number of amides is 2. The van der Waals surface area contributed by atoms with Crippen LogP contribution >= 0.6 is 23.2 Å². The Kier molecular flexibility index (Phi) is 3.82. The van der Waals surface area contributed by atoms with E-state index in [0.717, 1.165) is 0 Å². The molecule has 1 N–H and O–H groups in total. The second-order valence-corrected chi connectivity index (χ2v) is 6.14. The van der Waals surface area contributed by atoms with Crippen LogP contribution in [0.4, 0.5) is 5.69 Å². The quantitative estimate of drug-likeness (QED) is 0.838. The van der Waals surface area contributed by atoms with Crippen molar-refractivity contribution in [3.63, 3.8) is 0 Å². The normalized spacial score (nSPS) is 22.6. The van der Waals surface area contributed by atoms with E-state index in [4.69, 9.17) is 23.2 Å². The largest absolute Gasteiger partial charge is 0.389 e. The summed E-state index contributed by atoms with van der Waals surface area (Å²) in [6, 6.07) is 4.97. The number of carbonyl (C=O) groups is 2. The van der Waals surface area contributed by atoms with Gasteiger partial charge in [0.25, 0.3) is 0 Å². The first-order chi connectivity index (χ1) is 9.97. The van der Waals surface area contributed by atoms with Gasteiger partial charge in [0.05, 0.1) is 16.1 Å². The third-order valence-electron chi connectivity index (χ3n) is 3.89. The van der Waals surface area contributed by atoms with Crippen LogP contribution in [-0.4, -0.2) is 47.6 Å². The van der Waals surface area contributed by atoms with Crippen molar-refractivity contribution < 1.29 is 14.7 Å². The Morgan fingerprint density at radius 3 is 2.57 bits per heavy atom. The van der Waals surface area contributed by atoms with Crippen LogP contribution in [0.25, 0.3) is 0 Å². The minimum Gasteiger partial charge on any atom is -0.389 e. The Balaban J connectivity index is 1.74. The summed E-state index contributed by atoms with van der Waals surface area (Å²) in [5.41, 5.74) is 0.647. The molecular formula is C14H14Cl2N2O3. The molecule has 2 saturated heterocycles. The fraction of sp³-hybridized carbons (Fsp3) is 0.429. The average molecular weight is 329 g/mol. The number of benzene rings is 1. The lowest BCUT2D eigenvalue weighted by molar-refractivity contribution is -0.148. The van der Waals surface area contributed by atoms with Gasteiger partial charge in [0.1, 0.15) is 5.92 Å². The maximum absolute atomic E-state index is 12.4. The molecule has 7 heteroatoms. The minimum absolute atomic E-state index is 0.201.